The Morgan fingerprint density at radius 2 is 1.07 bits per heavy atom. The lowest BCUT2D eigenvalue weighted by Crippen LogP contribution is -2.27. The lowest BCUT2D eigenvalue weighted by molar-refractivity contribution is 0.609. The minimum Gasteiger partial charge on any atom is -0.455 e. The molecule has 0 saturated heterocycles. The van der Waals surface area contributed by atoms with E-state index in [0.29, 0.717) is 0 Å². The van der Waals surface area contributed by atoms with Gasteiger partial charge in [-0.3, -0.25) is 4.57 Å². The highest BCUT2D eigenvalue weighted by atomic mass is 16.3. The molecule has 254 valence electrons. The van der Waals surface area contributed by atoms with Crippen molar-refractivity contribution in [1.29, 1.82) is 0 Å². The van der Waals surface area contributed by atoms with Crippen LogP contribution in [0.2, 0.25) is 0 Å². The normalized spacial score (nSPS) is 14.7. The van der Waals surface area contributed by atoms with E-state index in [-0.39, 0.29) is 6.04 Å². The molecule has 0 fully saturated rings. The van der Waals surface area contributed by atoms with E-state index < -0.39 is 0 Å². The second-order valence-electron chi connectivity index (χ2n) is 14.2. The molecule has 0 saturated carbocycles. The average Bonchev–Trinajstić information content (AvgIpc) is 4.02. The van der Waals surface area contributed by atoms with Gasteiger partial charge in [0, 0.05) is 54.3 Å². The highest BCUT2D eigenvalue weighted by Gasteiger charge is 2.27. The van der Waals surface area contributed by atoms with E-state index in [2.05, 4.69) is 184 Å². The van der Waals surface area contributed by atoms with Crippen molar-refractivity contribution in [2.75, 3.05) is 0 Å². The van der Waals surface area contributed by atoms with Gasteiger partial charge in [0.25, 0.3) is 0 Å². The van der Waals surface area contributed by atoms with E-state index in [1.54, 1.807) is 0 Å². The minimum absolute atomic E-state index is 0.0546. The van der Waals surface area contributed by atoms with Gasteiger partial charge in [0.15, 0.2) is 0 Å². The standard InChI is InChI=1S/C49H32N4O/c1-2-16-32(17-3-1)52-41-25-9-6-21-38(41)45-46-39-22-7-10-26-42(39)53(48(46)36-20-5-4-19-35(36)47(45)52)44-29-40(50-51-44)31-15-12-14-30(28-31)33-23-13-24-37-34-18-8-11-27-43(34)54-49(33)37/h1-29,40,50-51H. The van der Waals surface area contributed by atoms with E-state index in [1.807, 2.05) is 12.1 Å². The Labute approximate surface area is 309 Å². The molecule has 54 heavy (non-hydrogen) atoms. The third kappa shape index (κ3) is 4.07. The number of rotatable bonds is 4. The van der Waals surface area contributed by atoms with Crippen LogP contribution in [0.25, 0.3) is 99.0 Å². The monoisotopic (exact) mass is 692 g/mol. The van der Waals surface area contributed by atoms with Crippen LogP contribution in [-0.4, -0.2) is 9.13 Å². The molecule has 0 aliphatic carbocycles. The maximum Gasteiger partial charge on any atom is 0.143 e. The van der Waals surface area contributed by atoms with Gasteiger partial charge in [-0.15, -0.1) is 0 Å². The zero-order valence-corrected chi connectivity index (χ0v) is 29.1. The summed E-state index contributed by atoms with van der Waals surface area (Å²) in [5.41, 5.74) is 18.4. The Bertz CT molecular complexity index is 3340. The number of hydrazine groups is 1. The molecule has 0 amide bonds. The number of fused-ring (bicyclic) bond motifs is 13. The zero-order chi connectivity index (χ0) is 35.3. The van der Waals surface area contributed by atoms with Gasteiger partial charge >= 0.3 is 0 Å². The largest absolute Gasteiger partial charge is 0.455 e. The highest BCUT2D eigenvalue weighted by molar-refractivity contribution is 6.37. The van der Waals surface area contributed by atoms with Crippen LogP contribution in [-0.2, 0) is 0 Å². The van der Waals surface area contributed by atoms with Gasteiger partial charge in [0.05, 0.1) is 28.1 Å². The number of para-hydroxylation sites is 5. The summed E-state index contributed by atoms with van der Waals surface area (Å²) in [6, 6.07) is 60.8. The van der Waals surface area contributed by atoms with Crippen molar-refractivity contribution in [2.45, 2.75) is 6.04 Å². The van der Waals surface area contributed by atoms with Crippen LogP contribution in [0.1, 0.15) is 11.6 Å². The lowest BCUT2D eigenvalue weighted by Gasteiger charge is -2.14. The summed E-state index contributed by atoms with van der Waals surface area (Å²) >= 11 is 0. The van der Waals surface area contributed by atoms with E-state index in [0.717, 1.165) is 50.1 Å². The molecule has 1 atom stereocenters. The number of hydrogen-bond acceptors (Lipinski definition) is 3. The summed E-state index contributed by atoms with van der Waals surface area (Å²) in [5, 5.41) is 9.71. The predicted octanol–water partition coefficient (Wildman–Crippen LogP) is 12.3. The van der Waals surface area contributed by atoms with Crippen LogP contribution >= 0.6 is 0 Å². The first kappa shape index (κ1) is 29.5. The molecule has 1 aliphatic heterocycles. The molecule has 0 bridgehead atoms. The second-order valence-corrected chi connectivity index (χ2v) is 14.2. The number of benzene rings is 8. The van der Waals surface area contributed by atoms with E-state index >= 15 is 0 Å². The van der Waals surface area contributed by atoms with Crippen molar-refractivity contribution < 1.29 is 4.42 Å². The Balaban J connectivity index is 1.09. The van der Waals surface area contributed by atoms with Crippen LogP contribution in [0.3, 0.4) is 0 Å². The van der Waals surface area contributed by atoms with Gasteiger partial charge in [-0.1, -0.05) is 133 Å². The van der Waals surface area contributed by atoms with Gasteiger partial charge in [-0.2, -0.15) is 0 Å². The molecule has 8 aromatic carbocycles. The number of furan rings is 1. The molecule has 0 spiro atoms. The van der Waals surface area contributed by atoms with Gasteiger partial charge < -0.3 is 14.4 Å². The molecule has 5 nitrogen and oxygen atoms in total. The lowest BCUT2D eigenvalue weighted by atomic mass is 9.98. The minimum atomic E-state index is -0.0546. The first-order chi connectivity index (χ1) is 26.8. The molecule has 12 rings (SSSR count). The van der Waals surface area contributed by atoms with Crippen LogP contribution < -0.4 is 10.9 Å². The molecule has 5 heteroatoms. The van der Waals surface area contributed by atoms with Crippen LogP contribution in [0.4, 0.5) is 0 Å². The van der Waals surface area contributed by atoms with Gasteiger partial charge in [0.1, 0.15) is 17.0 Å². The zero-order valence-electron chi connectivity index (χ0n) is 29.1. The molecule has 4 heterocycles. The maximum absolute atomic E-state index is 6.43. The molecule has 2 N–H and O–H groups in total. The predicted molar refractivity (Wildman–Crippen MR) is 224 cm³/mol. The molecular weight excluding hydrogens is 661 g/mol. The van der Waals surface area contributed by atoms with Crippen molar-refractivity contribution in [2.24, 2.45) is 0 Å². The third-order valence-corrected chi connectivity index (χ3v) is 11.3. The fourth-order valence-electron chi connectivity index (χ4n) is 9.06. The van der Waals surface area contributed by atoms with Crippen molar-refractivity contribution in [3.05, 3.63) is 181 Å². The Hall–Kier alpha value is -7.08. The summed E-state index contributed by atoms with van der Waals surface area (Å²) in [5.74, 6) is 1.01. The van der Waals surface area contributed by atoms with Crippen molar-refractivity contribution >= 4 is 82.1 Å². The summed E-state index contributed by atoms with van der Waals surface area (Å²) in [6.07, 6.45) is 2.32. The van der Waals surface area contributed by atoms with E-state index in [9.17, 15) is 0 Å². The fraction of sp³-hybridized carbons (Fsp3) is 0.0204. The molecule has 1 unspecified atom stereocenters. The smallest absolute Gasteiger partial charge is 0.143 e. The summed E-state index contributed by atoms with van der Waals surface area (Å²) < 4.78 is 11.3. The Morgan fingerprint density at radius 1 is 0.481 bits per heavy atom. The van der Waals surface area contributed by atoms with Crippen LogP contribution in [0.15, 0.2) is 180 Å². The Kier molecular flexibility index (Phi) is 6.12. The summed E-state index contributed by atoms with van der Waals surface area (Å²) in [6.45, 7) is 0. The van der Waals surface area contributed by atoms with Crippen LogP contribution in [0.5, 0.6) is 0 Å². The van der Waals surface area contributed by atoms with Crippen molar-refractivity contribution in [3.8, 4) is 16.8 Å². The van der Waals surface area contributed by atoms with E-state index in [1.165, 1.54) is 54.4 Å². The maximum atomic E-state index is 6.43. The molecule has 11 aromatic rings. The summed E-state index contributed by atoms with van der Waals surface area (Å²) in [4.78, 5) is 0. The number of aromatic nitrogens is 2. The third-order valence-electron chi connectivity index (χ3n) is 11.3. The average molecular weight is 693 g/mol. The molecule has 1 aliphatic rings. The number of nitrogens with one attached hydrogen (secondary N) is 2. The molecule has 3 aromatic heterocycles. The quantitative estimate of drug-likeness (QED) is 0.193. The second kappa shape index (κ2) is 11.2. The molecular formula is C49H32N4O. The topological polar surface area (TPSA) is 47.1 Å². The Morgan fingerprint density at radius 3 is 1.83 bits per heavy atom. The number of nitrogens with zero attached hydrogens (tertiary/aromatic N) is 2. The number of hydrogen-bond donors (Lipinski definition) is 2. The SMILES string of the molecule is C1=C(n2c3ccccc3c3c4c5ccccc5n(-c5ccccc5)c4c4ccccc4c32)NNC1c1cccc(-c2cccc3c2oc2ccccc23)c1. The van der Waals surface area contributed by atoms with Gasteiger partial charge in [0.2, 0.25) is 0 Å². The van der Waals surface area contributed by atoms with Gasteiger partial charge in [-0.25, -0.2) is 5.43 Å². The van der Waals surface area contributed by atoms with Crippen molar-refractivity contribution in [1.82, 2.24) is 20.0 Å². The van der Waals surface area contributed by atoms with E-state index in [4.69, 9.17) is 4.42 Å². The molecule has 0 radical (unpaired) electrons. The van der Waals surface area contributed by atoms with Gasteiger partial charge in [-0.05, 0) is 53.6 Å². The fourth-order valence-corrected chi connectivity index (χ4v) is 9.06. The first-order valence-corrected chi connectivity index (χ1v) is 18.5. The highest BCUT2D eigenvalue weighted by Crippen LogP contribution is 2.47. The van der Waals surface area contributed by atoms with Crippen molar-refractivity contribution in [3.63, 3.8) is 0 Å². The first-order valence-electron chi connectivity index (χ1n) is 18.5. The summed E-state index contributed by atoms with van der Waals surface area (Å²) in [7, 11) is 0. The van der Waals surface area contributed by atoms with Crippen LogP contribution in [0, 0.1) is 0 Å².